The quantitative estimate of drug-likeness (QED) is 0.887. The predicted molar refractivity (Wildman–Crippen MR) is 85.2 cm³/mol. The topological polar surface area (TPSA) is 35.2 Å². The second-order valence-corrected chi connectivity index (χ2v) is 6.97. The lowest BCUT2D eigenvalue weighted by Crippen LogP contribution is -2.45. The molecule has 4 atom stereocenters. The fourth-order valence-electron chi connectivity index (χ4n) is 3.54. The van der Waals surface area contributed by atoms with Crippen molar-refractivity contribution in [3.8, 4) is 5.75 Å². The van der Waals surface area contributed by atoms with Gasteiger partial charge < -0.3 is 10.5 Å². The Hall–Kier alpha value is -0.730. The van der Waals surface area contributed by atoms with Crippen LogP contribution in [0.3, 0.4) is 0 Å². The molecular formula is C17H26ClNO. The first kappa shape index (κ1) is 15.7. The van der Waals surface area contributed by atoms with Gasteiger partial charge in [-0.3, -0.25) is 0 Å². The van der Waals surface area contributed by atoms with Crippen molar-refractivity contribution in [1.29, 1.82) is 0 Å². The minimum atomic E-state index is 0.0102. The maximum absolute atomic E-state index is 6.44. The van der Waals surface area contributed by atoms with Gasteiger partial charge in [-0.15, -0.1) is 0 Å². The predicted octanol–water partition coefficient (Wildman–Crippen LogP) is 4.51. The standard InChI is InChI=1S/C17H26ClNO/c1-11-7-12(2)9-14(8-11)17(19)13(3)20-16-6-4-5-15(18)10-16/h4-6,10-14,17H,7-9,19H2,1-3H3. The Bertz CT molecular complexity index is 427. The smallest absolute Gasteiger partial charge is 0.121 e. The Kier molecular flexibility index (Phi) is 5.34. The molecule has 0 heterocycles. The minimum Gasteiger partial charge on any atom is -0.489 e. The second kappa shape index (κ2) is 6.82. The highest BCUT2D eigenvalue weighted by atomic mass is 35.5. The van der Waals surface area contributed by atoms with Crippen LogP contribution in [0.5, 0.6) is 5.75 Å². The molecule has 20 heavy (non-hydrogen) atoms. The zero-order valence-corrected chi connectivity index (χ0v) is 13.4. The average molecular weight is 296 g/mol. The van der Waals surface area contributed by atoms with Crippen molar-refractivity contribution in [2.75, 3.05) is 0 Å². The molecule has 1 fully saturated rings. The van der Waals surface area contributed by atoms with Gasteiger partial charge in [-0.2, -0.15) is 0 Å². The second-order valence-electron chi connectivity index (χ2n) is 6.54. The summed E-state index contributed by atoms with van der Waals surface area (Å²) in [5.41, 5.74) is 6.44. The summed E-state index contributed by atoms with van der Waals surface area (Å²) in [6.45, 7) is 6.73. The summed E-state index contributed by atoms with van der Waals surface area (Å²) in [4.78, 5) is 0. The highest BCUT2D eigenvalue weighted by Gasteiger charge is 2.31. The SMILES string of the molecule is CC1CC(C)CC(C(N)C(C)Oc2cccc(Cl)c2)C1. The highest BCUT2D eigenvalue weighted by Crippen LogP contribution is 2.35. The van der Waals surface area contributed by atoms with Crippen molar-refractivity contribution in [3.63, 3.8) is 0 Å². The van der Waals surface area contributed by atoms with Gasteiger partial charge in [0, 0.05) is 11.1 Å². The molecule has 0 spiro atoms. The van der Waals surface area contributed by atoms with E-state index in [4.69, 9.17) is 22.1 Å². The molecule has 1 saturated carbocycles. The van der Waals surface area contributed by atoms with Gasteiger partial charge in [0.15, 0.2) is 0 Å². The van der Waals surface area contributed by atoms with Crippen LogP contribution in [0.15, 0.2) is 24.3 Å². The van der Waals surface area contributed by atoms with Crippen LogP contribution in [0.25, 0.3) is 0 Å². The van der Waals surface area contributed by atoms with Crippen LogP contribution < -0.4 is 10.5 Å². The zero-order chi connectivity index (χ0) is 14.7. The monoisotopic (exact) mass is 295 g/mol. The van der Waals surface area contributed by atoms with Crippen molar-refractivity contribution >= 4 is 11.6 Å². The van der Waals surface area contributed by atoms with Gasteiger partial charge in [0.2, 0.25) is 0 Å². The van der Waals surface area contributed by atoms with Crippen molar-refractivity contribution < 1.29 is 4.74 Å². The summed E-state index contributed by atoms with van der Waals surface area (Å²) in [6, 6.07) is 7.61. The molecule has 1 aliphatic carbocycles. The van der Waals surface area contributed by atoms with E-state index in [0.29, 0.717) is 10.9 Å². The molecule has 0 radical (unpaired) electrons. The van der Waals surface area contributed by atoms with Gasteiger partial charge in [-0.05, 0) is 62.1 Å². The fraction of sp³-hybridized carbons (Fsp3) is 0.647. The summed E-state index contributed by atoms with van der Waals surface area (Å²) in [6.07, 6.45) is 3.77. The number of hydrogen-bond acceptors (Lipinski definition) is 2. The molecule has 2 nitrogen and oxygen atoms in total. The number of hydrogen-bond donors (Lipinski definition) is 1. The molecule has 1 aromatic carbocycles. The average Bonchev–Trinajstić information content (AvgIpc) is 2.36. The van der Waals surface area contributed by atoms with E-state index in [-0.39, 0.29) is 12.1 Å². The molecule has 0 aromatic heterocycles. The first-order valence-electron chi connectivity index (χ1n) is 7.63. The summed E-state index contributed by atoms with van der Waals surface area (Å²) in [5.74, 6) is 2.90. The van der Waals surface area contributed by atoms with Crippen LogP contribution in [-0.4, -0.2) is 12.1 Å². The molecule has 2 N–H and O–H groups in total. The Balaban J connectivity index is 1.96. The molecule has 0 bridgehead atoms. The lowest BCUT2D eigenvalue weighted by Gasteiger charge is -2.37. The van der Waals surface area contributed by atoms with Crippen molar-refractivity contribution in [2.45, 2.75) is 52.2 Å². The fourth-order valence-corrected chi connectivity index (χ4v) is 3.72. The Morgan fingerprint density at radius 2 is 1.85 bits per heavy atom. The van der Waals surface area contributed by atoms with Crippen LogP contribution in [0.1, 0.15) is 40.0 Å². The van der Waals surface area contributed by atoms with Crippen molar-refractivity contribution in [3.05, 3.63) is 29.3 Å². The Labute approximate surface area is 127 Å². The largest absolute Gasteiger partial charge is 0.489 e. The molecule has 4 unspecified atom stereocenters. The molecular weight excluding hydrogens is 270 g/mol. The molecule has 3 heteroatoms. The maximum Gasteiger partial charge on any atom is 0.121 e. The molecule has 112 valence electrons. The molecule has 1 aromatic rings. The molecule has 1 aliphatic rings. The van der Waals surface area contributed by atoms with E-state index in [1.807, 2.05) is 24.3 Å². The third kappa shape index (κ3) is 4.13. The third-order valence-corrected chi connectivity index (χ3v) is 4.65. The van der Waals surface area contributed by atoms with Gasteiger partial charge in [0.05, 0.1) is 0 Å². The van der Waals surface area contributed by atoms with E-state index in [1.165, 1.54) is 19.3 Å². The minimum absolute atomic E-state index is 0.0102. The molecule has 0 aliphatic heterocycles. The van der Waals surface area contributed by atoms with Crippen LogP contribution in [0, 0.1) is 17.8 Å². The normalized spacial score (nSPS) is 29.8. The summed E-state index contributed by atoms with van der Waals surface area (Å²) in [5, 5.41) is 0.697. The first-order chi connectivity index (χ1) is 9.45. The summed E-state index contributed by atoms with van der Waals surface area (Å²) >= 11 is 5.98. The Morgan fingerprint density at radius 3 is 2.45 bits per heavy atom. The molecule has 0 amide bonds. The van der Waals surface area contributed by atoms with Crippen LogP contribution >= 0.6 is 11.6 Å². The first-order valence-corrected chi connectivity index (χ1v) is 8.01. The van der Waals surface area contributed by atoms with E-state index < -0.39 is 0 Å². The summed E-state index contributed by atoms with van der Waals surface area (Å²) in [7, 11) is 0. The third-order valence-electron chi connectivity index (χ3n) is 4.42. The van der Waals surface area contributed by atoms with Crippen LogP contribution in [-0.2, 0) is 0 Å². The summed E-state index contributed by atoms with van der Waals surface area (Å²) < 4.78 is 5.97. The number of halogens is 1. The van der Waals surface area contributed by atoms with E-state index in [0.717, 1.165) is 17.6 Å². The lowest BCUT2D eigenvalue weighted by atomic mass is 9.73. The molecule has 2 rings (SSSR count). The van der Waals surface area contributed by atoms with E-state index in [1.54, 1.807) is 0 Å². The lowest BCUT2D eigenvalue weighted by molar-refractivity contribution is 0.111. The van der Waals surface area contributed by atoms with Crippen LogP contribution in [0.2, 0.25) is 5.02 Å². The van der Waals surface area contributed by atoms with Crippen molar-refractivity contribution in [1.82, 2.24) is 0 Å². The van der Waals surface area contributed by atoms with Gasteiger partial charge in [0.25, 0.3) is 0 Å². The number of benzene rings is 1. The maximum atomic E-state index is 6.44. The van der Waals surface area contributed by atoms with Crippen molar-refractivity contribution in [2.24, 2.45) is 23.5 Å². The van der Waals surface area contributed by atoms with Gasteiger partial charge in [-0.25, -0.2) is 0 Å². The van der Waals surface area contributed by atoms with Crippen LogP contribution in [0.4, 0.5) is 0 Å². The highest BCUT2D eigenvalue weighted by molar-refractivity contribution is 6.30. The number of rotatable bonds is 4. The number of nitrogens with two attached hydrogens (primary N) is 1. The van der Waals surface area contributed by atoms with E-state index >= 15 is 0 Å². The van der Waals surface area contributed by atoms with E-state index in [2.05, 4.69) is 20.8 Å². The zero-order valence-electron chi connectivity index (χ0n) is 12.7. The molecule has 0 saturated heterocycles. The van der Waals surface area contributed by atoms with Gasteiger partial charge in [0.1, 0.15) is 11.9 Å². The van der Waals surface area contributed by atoms with Gasteiger partial charge in [-0.1, -0.05) is 31.5 Å². The van der Waals surface area contributed by atoms with Gasteiger partial charge >= 0.3 is 0 Å². The number of ether oxygens (including phenoxy) is 1. The van der Waals surface area contributed by atoms with E-state index in [9.17, 15) is 0 Å². The Morgan fingerprint density at radius 1 is 1.20 bits per heavy atom.